The third kappa shape index (κ3) is 6.76. The number of nitrogens with zero attached hydrogens (tertiary/aromatic N) is 2. The lowest BCUT2D eigenvalue weighted by atomic mass is 10.0. The molecule has 0 aliphatic rings. The Balaban J connectivity index is 1.77. The van der Waals surface area contributed by atoms with E-state index >= 15 is 0 Å². The van der Waals surface area contributed by atoms with Crippen LogP contribution in [0.5, 0.6) is 0 Å². The summed E-state index contributed by atoms with van der Waals surface area (Å²) in [6, 6.07) is 18.0. The molecule has 1 unspecified atom stereocenters. The fourth-order valence-corrected chi connectivity index (χ4v) is 6.01. The quantitative estimate of drug-likeness (QED) is 0.221. The van der Waals surface area contributed by atoms with E-state index in [2.05, 4.69) is 6.07 Å². The predicted molar refractivity (Wildman–Crippen MR) is 127 cm³/mol. The van der Waals surface area contributed by atoms with Gasteiger partial charge in [0.05, 0.1) is 27.8 Å². The number of ether oxygens (including phenoxy) is 1. The van der Waals surface area contributed by atoms with Crippen LogP contribution in [-0.2, 0) is 20.3 Å². The van der Waals surface area contributed by atoms with Crippen molar-refractivity contribution in [1.82, 2.24) is 4.98 Å². The van der Waals surface area contributed by atoms with Gasteiger partial charge in [0.15, 0.2) is 0 Å². The summed E-state index contributed by atoms with van der Waals surface area (Å²) in [7, 11) is -1.06. The molecule has 0 saturated carbocycles. The molecule has 0 fully saturated rings. The highest BCUT2D eigenvalue weighted by Gasteiger charge is 2.17. The zero-order chi connectivity index (χ0) is 22.1. The van der Waals surface area contributed by atoms with Crippen molar-refractivity contribution < 1.29 is 13.7 Å². The van der Waals surface area contributed by atoms with Gasteiger partial charge in [0.2, 0.25) is 0 Å². The number of rotatable bonds is 10. The molecular weight excluding hydrogens is 448 g/mol. The number of hydrogen-bond acceptors (Lipinski definition) is 7. The third-order valence-corrected chi connectivity index (χ3v) is 8.08. The normalized spacial score (nSPS) is 11.6. The highest BCUT2D eigenvalue weighted by molar-refractivity contribution is 8.10. The molecule has 0 N–H and O–H groups in total. The first-order valence-electron chi connectivity index (χ1n) is 9.74. The third-order valence-electron chi connectivity index (χ3n) is 4.36. The summed E-state index contributed by atoms with van der Waals surface area (Å²) in [6.07, 6.45) is 1.40. The van der Waals surface area contributed by atoms with E-state index in [4.69, 9.17) is 9.72 Å². The first-order valence-corrected chi connectivity index (χ1v) is 13.1. The molecule has 0 aliphatic heterocycles. The lowest BCUT2D eigenvalue weighted by Gasteiger charge is -2.12. The highest BCUT2D eigenvalue weighted by atomic mass is 32.2. The molecule has 0 amide bonds. The minimum Gasteiger partial charge on any atom is -0.466 e. The van der Waals surface area contributed by atoms with E-state index in [0.717, 1.165) is 21.7 Å². The van der Waals surface area contributed by atoms with Gasteiger partial charge in [-0.05, 0) is 35.9 Å². The lowest BCUT2D eigenvalue weighted by Crippen LogP contribution is -2.05. The Kier molecular flexibility index (Phi) is 8.83. The van der Waals surface area contributed by atoms with Gasteiger partial charge >= 0.3 is 5.97 Å². The van der Waals surface area contributed by atoms with Gasteiger partial charge in [-0.1, -0.05) is 48.2 Å². The van der Waals surface area contributed by atoms with Crippen molar-refractivity contribution in [2.45, 2.75) is 24.8 Å². The first kappa shape index (κ1) is 23.2. The number of hydrogen-bond donors (Lipinski definition) is 0. The van der Waals surface area contributed by atoms with Gasteiger partial charge in [-0.3, -0.25) is 9.00 Å². The topological polar surface area (TPSA) is 80.1 Å². The molecule has 31 heavy (non-hydrogen) atoms. The first-order chi connectivity index (χ1) is 15.1. The standard InChI is InChI=1S/C23H22N2O3S3/c1-17(26)28-11-5-6-13-31(27)16-30-23-20(15-24)19(18-8-3-2-4-9-18)14-21(25-23)22-10-7-12-29-22/h2-4,7-10,12,14H,5-6,11,13,16H2,1H3. The van der Waals surface area contributed by atoms with Gasteiger partial charge in [-0.15, -0.1) is 11.3 Å². The number of thioether (sulfide) groups is 1. The van der Waals surface area contributed by atoms with E-state index < -0.39 is 10.8 Å². The second-order valence-electron chi connectivity index (χ2n) is 6.64. The molecule has 0 aliphatic carbocycles. The Morgan fingerprint density at radius 1 is 1.23 bits per heavy atom. The molecule has 1 atom stereocenters. The number of carbonyl (C=O) groups excluding carboxylic acids is 1. The van der Waals surface area contributed by atoms with Crippen LogP contribution in [0.15, 0.2) is 58.9 Å². The molecule has 3 aromatic rings. The zero-order valence-electron chi connectivity index (χ0n) is 17.1. The fraction of sp³-hybridized carbons (Fsp3) is 0.261. The van der Waals surface area contributed by atoms with Crippen LogP contribution in [0.3, 0.4) is 0 Å². The summed E-state index contributed by atoms with van der Waals surface area (Å²) in [5, 5.41) is 12.8. The van der Waals surface area contributed by atoms with Crippen molar-refractivity contribution in [3.8, 4) is 27.8 Å². The predicted octanol–water partition coefficient (Wildman–Crippen LogP) is 5.49. The second kappa shape index (κ2) is 11.8. The molecular formula is C23H22N2O3S3. The van der Waals surface area contributed by atoms with Crippen molar-refractivity contribution in [3.05, 3.63) is 59.5 Å². The summed E-state index contributed by atoms with van der Waals surface area (Å²) in [5.74, 6) is 0.221. The minimum atomic E-state index is -1.06. The van der Waals surface area contributed by atoms with Crippen LogP contribution < -0.4 is 0 Å². The van der Waals surface area contributed by atoms with Crippen LogP contribution in [0.25, 0.3) is 21.7 Å². The monoisotopic (exact) mass is 470 g/mol. The van der Waals surface area contributed by atoms with E-state index in [1.807, 2.05) is 53.9 Å². The van der Waals surface area contributed by atoms with Gasteiger partial charge in [0.1, 0.15) is 11.1 Å². The SMILES string of the molecule is CC(=O)OCCCCS(=O)CSc1nc(-c2cccs2)cc(-c2ccccc2)c1C#N. The lowest BCUT2D eigenvalue weighted by molar-refractivity contribution is -0.141. The van der Waals surface area contributed by atoms with Crippen molar-refractivity contribution in [1.29, 1.82) is 5.26 Å². The average molecular weight is 471 g/mol. The smallest absolute Gasteiger partial charge is 0.302 e. The number of unbranched alkanes of at least 4 members (excludes halogenated alkanes) is 1. The number of benzene rings is 1. The molecule has 2 aromatic heterocycles. The minimum absolute atomic E-state index is 0.299. The second-order valence-corrected chi connectivity index (χ2v) is 10.5. The summed E-state index contributed by atoms with van der Waals surface area (Å²) in [4.78, 5) is 16.5. The maximum atomic E-state index is 12.5. The van der Waals surface area contributed by atoms with Gasteiger partial charge < -0.3 is 4.74 Å². The summed E-state index contributed by atoms with van der Waals surface area (Å²) < 4.78 is 17.4. The largest absolute Gasteiger partial charge is 0.466 e. The average Bonchev–Trinajstić information content (AvgIpc) is 3.32. The highest BCUT2D eigenvalue weighted by Crippen LogP contribution is 2.35. The number of aromatic nitrogens is 1. The molecule has 0 radical (unpaired) electrons. The van der Waals surface area contributed by atoms with Crippen LogP contribution in [0, 0.1) is 11.3 Å². The van der Waals surface area contributed by atoms with E-state index in [1.54, 1.807) is 11.3 Å². The van der Waals surface area contributed by atoms with Gasteiger partial charge in [-0.2, -0.15) is 5.26 Å². The van der Waals surface area contributed by atoms with E-state index in [9.17, 15) is 14.3 Å². The van der Waals surface area contributed by atoms with Gasteiger partial charge in [0, 0.05) is 29.0 Å². The molecule has 160 valence electrons. The number of nitriles is 1. The van der Waals surface area contributed by atoms with Crippen molar-refractivity contribution >= 4 is 39.9 Å². The van der Waals surface area contributed by atoms with Crippen LogP contribution in [0.4, 0.5) is 0 Å². The van der Waals surface area contributed by atoms with E-state index in [0.29, 0.717) is 40.9 Å². The van der Waals surface area contributed by atoms with Crippen LogP contribution >= 0.6 is 23.1 Å². The molecule has 0 spiro atoms. The Labute approximate surface area is 192 Å². The molecule has 8 heteroatoms. The zero-order valence-corrected chi connectivity index (χ0v) is 19.5. The Hall–Kier alpha value is -2.47. The van der Waals surface area contributed by atoms with Crippen molar-refractivity contribution in [2.24, 2.45) is 0 Å². The van der Waals surface area contributed by atoms with Crippen LogP contribution in [0.2, 0.25) is 0 Å². The summed E-state index contributed by atoms with van der Waals surface area (Å²) in [5.41, 5.74) is 3.09. The Bertz CT molecular complexity index is 1080. The fourth-order valence-electron chi connectivity index (χ4n) is 2.89. The maximum absolute atomic E-state index is 12.5. The van der Waals surface area contributed by atoms with E-state index in [1.165, 1.54) is 18.7 Å². The van der Waals surface area contributed by atoms with Gasteiger partial charge in [0.25, 0.3) is 0 Å². The molecule has 2 heterocycles. The number of pyridine rings is 1. The Morgan fingerprint density at radius 3 is 2.71 bits per heavy atom. The summed E-state index contributed by atoms with van der Waals surface area (Å²) >= 11 is 2.95. The molecule has 0 saturated heterocycles. The summed E-state index contributed by atoms with van der Waals surface area (Å²) in [6.45, 7) is 1.73. The van der Waals surface area contributed by atoms with Gasteiger partial charge in [-0.25, -0.2) is 4.98 Å². The number of esters is 1. The molecule has 1 aromatic carbocycles. The van der Waals surface area contributed by atoms with Crippen LogP contribution in [-0.4, -0.2) is 32.6 Å². The van der Waals surface area contributed by atoms with Crippen molar-refractivity contribution in [2.75, 3.05) is 17.4 Å². The van der Waals surface area contributed by atoms with E-state index in [-0.39, 0.29) is 5.97 Å². The molecule has 3 rings (SSSR count). The van der Waals surface area contributed by atoms with Crippen molar-refractivity contribution in [3.63, 3.8) is 0 Å². The number of carbonyl (C=O) groups is 1. The molecule has 5 nitrogen and oxygen atoms in total. The number of thiophene rings is 1. The van der Waals surface area contributed by atoms with Crippen LogP contribution in [0.1, 0.15) is 25.3 Å². The maximum Gasteiger partial charge on any atom is 0.302 e. The Morgan fingerprint density at radius 2 is 2.03 bits per heavy atom. The molecule has 0 bridgehead atoms.